The van der Waals surface area contributed by atoms with Crippen LogP contribution in [0.15, 0.2) is 53.2 Å². The van der Waals surface area contributed by atoms with Gasteiger partial charge in [0, 0.05) is 23.5 Å². The summed E-state index contributed by atoms with van der Waals surface area (Å²) in [5.41, 5.74) is 1.28. The Balaban J connectivity index is 1.96. The minimum atomic E-state index is -3.59. The summed E-state index contributed by atoms with van der Waals surface area (Å²) in [6.45, 7) is 1.80. The standard InChI is InChI=1S/C18H17NO5S/c1-12-7-15(18(20)21)8-14-9-16(4-5-17(14)25(12,22)23)24-11-13-3-2-6-19-10-13/h2-6,8-10,12H,7,11H2,1H3,(H,20,21). The molecule has 1 atom stereocenters. The number of carbonyl (C=O) groups is 1. The Kier molecular flexibility index (Phi) is 4.59. The predicted octanol–water partition coefficient (Wildman–Crippen LogP) is 2.69. The third-order valence-corrected chi connectivity index (χ3v) is 6.27. The van der Waals surface area contributed by atoms with Gasteiger partial charge in [-0.25, -0.2) is 13.2 Å². The number of hydrogen-bond donors (Lipinski definition) is 1. The van der Waals surface area contributed by atoms with Crippen molar-refractivity contribution in [3.63, 3.8) is 0 Å². The molecule has 1 aromatic heterocycles. The van der Waals surface area contributed by atoms with Gasteiger partial charge < -0.3 is 9.84 Å². The number of aromatic nitrogens is 1. The average molecular weight is 359 g/mol. The SMILES string of the molecule is CC1CC(C(=O)O)=Cc2cc(OCc3cccnc3)ccc2S1(=O)=O. The van der Waals surface area contributed by atoms with E-state index in [1.165, 1.54) is 19.1 Å². The quantitative estimate of drug-likeness (QED) is 0.902. The fourth-order valence-electron chi connectivity index (χ4n) is 2.67. The van der Waals surface area contributed by atoms with E-state index in [0.717, 1.165) is 5.56 Å². The highest BCUT2D eigenvalue weighted by Gasteiger charge is 2.31. The van der Waals surface area contributed by atoms with E-state index in [9.17, 15) is 18.3 Å². The fourth-order valence-corrected chi connectivity index (χ4v) is 4.21. The number of nitrogens with zero attached hydrogens (tertiary/aromatic N) is 1. The minimum Gasteiger partial charge on any atom is -0.489 e. The van der Waals surface area contributed by atoms with E-state index in [2.05, 4.69) is 4.98 Å². The molecule has 0 aliphatic carbocycles. The number of carboxylic acids is 1. The maximum absolute atomic E-state index is 12.6. The van der Waals surface area contributed by atoms with Gasteiger partial charge in [-0.3, -0.25) is 4.98 Å². The number of hydrogen-bond acceptors (Lipinski definition) is 5. The van der Waals surface area contributed by atoms with Crippen molar-refractivity contribution >= 4 is 21.9 Å². The van der Waals surface area contributed by atoms with Gasteiger partial charge in [-0.1, -0.05) is 6.07 Å². The largest absolute Gasteiger partial charge is 0.489 e. The summed E-state index contributed by atoms with van der Waals surface area (Å²) in [5.74, 6) is -0.648. The van der Waals surface area contributed by atoms with Crippen molar-refractivity contribution in [3.05, 3.63) is 59.4 Å². The van der Waals surface area contributed by atoms with Crippen LogP contribution in [0.5, 0.6) is 5.75 Å². The van der Waals surface area contributed by atoms with E-state index >= 15 is 0 Å². The third-order valence-electron chi connectivity index (χ3n) is 4.06. The predicted molar refractivity (Wildman–Crippen MR) is 91.9 cm³/mol. The molecule has 1 aromatic carbocycles. The van der Waals surface area contributed by atoms with Gasteiger partial charge in [0.25, 0.3) is 0 Å². The Morgan fingerprint density at radius 3 is 2.84 bits per heavy atom. The van der Waals surface area contributed by atoms with Crippen LogP contribution in [0.3, 0.4) is 0 Å². The van der Waals surface area contributed by atoms with Gasteiger partial charge in [0.05, 0.1) is 10.1 Å². The van der Waals surface area contributed by atoms with Gasteiger partial charge in [0.1, 0.15) is 12.4 Å². The molecule has 1 aliphatic heterocycles. The van der Waals surface area contributed by atoms with Crippen molar-refractivity contribution in [2.24, 2.45) is 0 Å². The van der Waals surface area contributed by atoms with Crippen molar-refractivity contribution in [2.45, 2.75) is 30.1 Å². The molecule has 1 N–H and O–H groups in total. The normalized spacial score (nSPS) is 18.6. The molecule has 1 unspecified atom stereocenters. The van der Waals surface area contributed by atoms with E-state index in [1.54, 1.807) is 30.6 Å². The van der Waals surface area contributed by atoms with Crippen LogP contribution < -0.4 is 4.74 Å². The Morgan fingerprint density at radius 2 is 2.16 bits per heavy atom. The van der Waals surface area contributed by atoms with Gasteiger partial charge >= 0.3 is 5.97 Å². The van der Waals surface area contributed by atoms with Crippen LogP contribution >= 0.6 is 0 Å². The number of benzene rings is 1. The summed E-state index contributed by atoms with van der Waals surface area (Å²) in [7, 11) is -3.59. The Bertz CT molecular complexity index is 935. The van der Waals surface area contributed by atoms with Crippen molar-refractivity contribution in [1.29, 1.82) is 0 Å². The van der Waals surface area contributed by atoms with Crippen LogP contribution in [0.4, 0.5) is 0 Å². The highest BCUT2D eigenvalue weighted by atomic mass is 32.2. The fraction of sp³-hybridized carbons (Fsp3) is 0.222. The summed E-state index contributed by atoms with van der Waals surface area (Å²) >= 11 is 0. The second-order valence-electron chi connectivity index (χ2n) is 5.88. The number of carboxylic acid groups (broad SMARTS) is 1. The summed E-state index contributed by atoms with van der Waals surface area (Å²) in [6, 6.07) is 8.28. The first-order chi connectivity index (χ1) is 11.9. The Labute approximate surface area is 145 Å². The van der Waals surface area contributed by atoms with Gasteiger partial charge in [-0.2, -0.15) is 0 Å². The summed E-state index contributed by atoms with van der Waals surface area (Å²) in [6.07, 6.45) is 4.72. The van der Waals surface area contributed by atoms with E-state index in [1.807, 2.05) is 6.07 Å². The van der Waals surface area contributed by atoms with Crippen LogP contribution in [0.1, 0.15) is 24.5 Å². The minimum absolute atomic E-state index is 0.0295. The number of sulfone groups is 1. The summed E-state index contributed by atoms with van der Waals surface area (Å²) in [5, 5.41) is 8.50. The lowest BCUT2D eigenvalue weighted by Gasteiger charge is -2.12. The lowest BCUT2D eigenvalue weighted by molar-refractivity contribution is -0.132. The first-order valence-corrected chi connectivity index (χ1v) is 9.26. The molecular weight excluding hydrogens is 342 g/mol. The third kappa shape index (κ3) is 3.56. The van der Waals surface area contributed by atoms with E-state index in [-0.39, 0.29) is 23.5 Å². The Hall–Kier alpha value is -2.67. The molecule has 6 nitrogen and oxygen atoms in total. The molecule has 1 aliphatic rings. The van der Waals surface area contributed by atoms with Crippen LogP contribution in [0.25, 0.3) is 6.08 Å². The van der Waals surface area contributed by atoms with Crippen LogP contribution in [0.2, 0.25) is 0 Å². The molecule has 0 amide bonds. The van der Waals surface area contributed by atoms with Gasteiger partial charge in [0.15, 0.2) is 9.84 Å². The van der Waals surface area contributed by atoms with Crippen LogP contribution in [0, 0.1) is 0 Å². The number of rotatable bonds is 4. The second-order valence-corrected chi connectivity index (χ2v) is 8.22. The van der Waals surface area contributed by atoms with E-state index in [4.69, 9.17) is 4.74 Å². The molecule has 2 heterocycles. The molecule has 0 saturated carbocycles. The topological polar surface area (TPSA) is 93.6 Å². The highest BCUT2D eigenvalue weighted by molar-refractivity contribution is 7.92. The molecule has 0 radical (unpaired) electrons. The molecular formula is C18H17NO5S. The zero-order valence-electron chi connectivity index (χ0n) is 13.5. The molecule has 0 fully saturated rings. The van der Waals surface area contributed by atoms with Gasteiger partial charge in [-0.15, -0.1) is 0 Å². The maximum Gasteiger partial charge on any atom is 0.331 e. The summed E-state index contributed by atoms with van der Waals surface area (Å²) in [4.78, 5) is 15.5. The second kappa shape index (κ2) is 6.68. The molecule has 130 valence electrons. The molecule has 2 aromatic rings. The molecule has 0 bridgehead atoms. The van der Waals surface area contributed by atoms with Crippen LogP contribution in [-0.2, 0) is 21.2 Å². The molecule has 3 rings (SSSR count). The first kappa shape index (κ1) is 17.2. The number of pyridine rings is 1. The Morgan fingerprint density at radius 1 is 1.36 bits per heavy atom. The van der Waals surface area contributed by atoms with E-state index < -0.39 is 21.1 Å². The number of ether oxygens (including phenoxy) is 1. The highest BCUT2D eigenvalue weighted by Crippen LogP contribution is 2.33. The zero-order valence-corrected chi connectivity index (χ0v) is 14.4. The van der Waals surface area contributed by atoms with Gasteiger partial charge in [-0.05, 0) is 49.2 Å². The van der Waals surface area contributed by atoms with Crippen molar-refractivity contribution in [1.82, 2.24) is 4.98 Å². The maximum atomic E-state index is 12.6. The average Bonchev–Trinajstić information content (AvgIpc) is 2.69. The summed E-state index contributed by atoms with van der Waals surface area (Å²) < 4.78 is 30.9. The molecule has 25 heavy (non-hydrogen) atoms. The van der Waals surface area contributed by atoms with Crippen molar-refractivity contribution in [3.8, 4) is 5.75 Å². The number of aliphatic carboxylic acids is 1. The van der Waals surface area contributed by atoms with Crippen molar-refractivity contribution < 1.29 is 23.1 Å². The lowest BCUT2D eigenvalue weighted by Crippen LogP contribution is -2.19. The molecule has 7 heteroatoms. The van der Waals surface area contributed by atoms with Crippen molar-refractivity contribution in [2.75, 3.05) is 0 Å². The molecule has 0 spiro atoms. The molecule has 0 saturated heterocycles. The number of fused-ring (bicyclic) bond motifs is 1. The van der Waals surface area contributed by atoms with Crippen LogP contribution in [-0.4, -0.2) is 29.7 Å². The first-order valence-electron chi connectivity index (χ1n) is 7.71. The smallest absolute Gasteiger partial charge is 0.331 e. The monoisotopic (exact) mass is 359 g/mol. The lowest BCUT2D eigenvalue weighted by atomic mass is 10.1. The van der Waals surface area contributed by atoms with E-state index in [0.29, 0.717) is 11.3 Å². The van der Waals surface area contributed by atoms with Gasteiger partial charge in [0.2, 0.25) is 0 Å². The zero-order chi connectivity index (χ0) is 18.0.